The van der Waals surface area contributed by atoms with Gasteiger partial charge in [-0.2, -0.15) is 0 Å². The van der Waals surface area contributed by atoms with Gasteiger partial charge in [0.25, 0.3) is 0 Å². The van der Waals surface area contributed by atoms with Crippen molar-refractivity contribution in [2.24, 2.45) is 0 Å². The number of carboxylic acid groups (broad SMARTS) is 1. The predicted octanol–water partition coefficient (Wildman–Crippen LogP) is 2.60. The number of carbonyl (C=O) groups is 1. The van der Waals surface area contributed by atoms with E-state index in [-0.39, 0.29) is 11.9 Å². The standard InChI is InChI=1S/C15H15NO5/c17-15(18)14-9-13(16-21-14)10-1-3-11(4-2-10)20-12-5-7-19-8-6-12/h1-4,9,12H,5-8H2,(H,17,18). The lowest BCUT2D eigenvalue weighted by molar-refractivity contribution is 0.0256. The Hall–Kier alpha value is -2.34. The average Bonchev–Trinajstić information content (AvgIpc) is 2.99. The fraction of sp³-hybridized carbons (Fsp3) is 0.333. The number of carboxylic acids is 1. The van der Waals surface area contributed by atoms with Crippen LogP contribution in [0.25, 0.3) is 11.3 Å². The number of rotatable bonds is 4. The molecule has 110 valence electrons. The van der Waals surface area contributed by atoms with Gasteiger partial charge < -0.3 is 19.1 Å². The average molecular weight is 289 g/mol. The molecule has 6 heteroatoms. The summed E-state index contributed by atoms with van der Waals surface area (Å²) in [4.78, 5) is 10.8. The normalized spacial score (nSPS) is 15.8. The second kappa shape index (κ2) is 5.97. The largest absolute Gasteiger partial charge is 0.490 e. The van der Waals surface area contributed by atoms with Crippen molar-refractivity contribution in [2.75, 3.05) is 13.2 Å². The molecule has 0 radical (unpaired) electrons. The Morgan fingerprint density at radius 2 is 1.95 bits per heavy atom. The highest BCUT2D eigenvalue weighted by Gasteiger charge is 2.16. The third-order valence-corrected chi connectivity index (χ3v) is 3.34. The molecule has 0 bridgehead atoms. The van der Waals surface area contributed by atoms with Crippen LogP contribution in [0.3, 0.4) is 0 Å². The molecule has 1 aliphatic rings. The maximum atomic E-state index is 10.8. The van der Waals surface area contributed by atoms with Crippen molar-refractivity contribution in [3.05, 3.63) is 36.1 Å². The highest BCUT2D eigenvalue weighted by molar-refractivity contribution is 5.85. The van der Waals surface area contributed by atoms with Crippen LogP contribution in [0.1, 0.15) is 23.4 Å². The number of aromatic carboxylic acids is 1. The molecule has 0 atom stereocenters. The highest BCUT2D eigenvalue weighted by Crippen LogP contribution is 2.24. The molecular formula is C15H15NO5. The van der Waals surface area contributed by atoms with Crippen LogP contribution in [0.2, 0.25) is 0 Å². The van der Waals surface area contributed by atoms with Crippen LogP contribution >= 0.6 is 0 Å². The van der Waals surface area contributed by atoms with Gasteiger partial charge in [-0.1, -0.05) is 5.16 Å². The zero-order chi connectivity index (χ0) is 14.7. The minimum absolute atomic E-state index is 0.174. The fourth-order valence-electron chi connectivity index (χ4n) is 2.20. The van der Waals surface area contributed by atoms with E-state index in [2.05, 4.69) is 5.16 Å². The van der Waals surface area contributed by atoms with Gasteiger partial charge in [0.2, 0.25) is 5.76 Å². The zero-order valence-corrected chi connectivity index (χ0v) is 11.3. The van der Waals surface area contributed by atoms with E-state index in [0.29, 0.717) is 5.69 Å². The Morgan fingerprint density at radius 3 is 2.57 bits per heavy atom. The van der Waals surface area contributed by atoms with Gasteiger partial charge in [-0.25, -0.2) is 4.79 Å². The molecule has 0 saturated carbocycles. The molecule has 1 N–H and O–H groups in total. The molecule has 21 heavy (non-hydrogen) atoms. The highest BCUT2D eigenvalue weighted by atomic mass is 16.5. The van der Waals surface area contributed by atoms with Crippen LogP contribution in [-0.2, 0) is 4.74 Å². The van der Waals surface area contributed by atoms with E-state index in [4.69, 9.17) is 19.1 Å². The van der Waals surface area contributed by atoms with E-state index in [1.54, 1.807) is 0 Å². The van der Waals surface area contributed by atoms with Crippen LogP contribution in [0.4, 0.5) is 0 Å². The summed E-state index contributed by atoms with van der Waals surface area (Å²) >= 11 is 0. The Bertz CT molecular complexity index is 613. The van der Waals surface area contributed by atoms with Crippen LogP contribution in [0, 0.1) is 0 Å². The summed E-state index contributed by atoms with van der Waals surface area (Å²) in [6.45, 7) is 1.47. The fourth-order valence-corrected chi connectivity index (χ4v) is 2.20. The molecule has 1 aliphatic heterocycles. The van der Waals surface area contributed by atoms with Crippen molar-refractivity contribution in [3.8, 4) is 17.0 Å². The van der Waals surface area contributed by atoms with Gasteiger partial charge in [-0.3, -0.25) is 0 Å². The zero-order valence-electron chi connectivity index (χ0n) is 11.3. The SMILES string of the molecule is O=C(O)c1cc(-c2ccc(OC3CCOCC3)cc2)no1. The molecule has 3 rings (SSSR count). The molecule has 1 aromatic heterocycles. The third-order valence-electron chi connectivity index (χ3n) is 3.34. The first-order valence-electron chi connectivity index (χ1n) is 6.77. The molecule has 0 unspecified atom stereocenters. The summed E-state index contributed by atoms with van der Waals surface area (Å²) in [5.41, 5.74) is 1.27. The van der Waals surface area contributed by atoms with E-state index in [1.165, 1.54) is 6.07 Å². The first-order valence-corrected chi connectivity index (χ1v) is 6.77. The van der Waals surface area contributed by atoms with Gasteiger partial charge >= 0.3 is 5.97 Å². The van der Waals surface area contributed by atoms with E-state index < -0.39 is 5.97 Å². The summed E-state index contributed by atoms with van der Waals surface area (Å²) in [6, 6.07) is 8.76. The number of aromatic nitrogens is 1. The summed E-state index contributed by atoms with van der Waals surface area (Å²) < 4.78 is 15.9. The lowest BCUT2D eigenvalue weighted by atomic mass is 10.1. The van der Waals surface area contributed by atoms with Crippen molar-refractivity contribution >= 4 is 5.97 Å². The Kier molecular flexibility index (Phi) is 3.87. The number of hydrogen-bond donors (Lipinski definition) is 1. The van der Waals surface area contributed by atoms with Gasteiger partial charge in [0.05, 0.1) is 13.2 Å². The number of ether oxygens (including phenoxy) is 2. The number of benzene rings is 1. The Labute approximate surface area is 121 Å². The van der Waals surface area contributed by atoms with Gasteiger partial charge in [0, 0.05) is 24.5 Å². The lowest BCUT2D eigenvalue weighted by Gasteiger charge is -2.23. The maximum absolute atomic E-state index is 10.8. The molecule has 0 spiro atoms. The second-order valence-electron chi connectivity index (χ2n) is 4.84. The quantitative estimate of drug-likeness (QED) is 0.931. The predicted molar refractivity (Wildman–Crippen MR) is 73.4 cm³/mol. The van der Waals surface area contributed by atoms with Crippen molar-refractivity contribution in [3.63, 3.8) is 0 Å². The van der Waals surface area contributed by atoms with E-state index >= 15 is 0 Å². The first kappa shape index (κ1) is 13.6. The minimum Gasteiger partial charge on any atom is -0.490 e. The first-order chi connectivity index (χ1) is 10.2. The molecule has 2 heterocycles. The van der Waals surface area contributed by atoms with Gasteiger partial charge in [-0.15, -0.1) is 0 Å². The van der Waals surface area contributed by atoms with Crippen LogP contribution in [0.15, 0.2) is 34.9 Å². The lowest BCUT2D eigenvalue weighted by Crippen LogP contribution is -2.25. The Morgan fingerprint density at radius 1 is 1.24 bits per heavy atom. The van der Waals surface area contributed by atoms with Gasteiger partial charge in [0.15, 0.2) is 0 Å². The van der Waals surface area contributed by atoms with E-state index in [9.17, 15) is 4.79 Å². The van der Waals surface area contributed by atoms with Crippen molar-refractivity contribution < 1.29 is 23.9 Å². The summed E-state index contributed by atoms with van der Waals surface area (Å²) in [7, 11) is 0. The second-order valence-corrected chi connectivity index (χ2v) is 4.84. The smallest absolute Gasteiger partial charge is 0.374 e. The Balaban J connectivity index is 1.69. The number of hydrogen-bond acceptors (Lipinski definition) is 5. The minimum atomic E-state index is -1.13. The monoisotopic (exact) mass is 289 g/mol. The summed E-state index contributed by atoms with van der Waals surface area (Å²) in [5.74, 6) is -0.520. The molecular weight excluding hydrogens is 274 g/mol. The van der Waals surface area contributed by atoms with E-state index in [1.807, 2.05) is 24.3 Å². The van der Waals surface area contributed by atoms with Gasteiger partial charge in [0.1, 0.15) is 17.5 Å². The van der Waals surface area contributed by atoms with Crippen molar-refractivity contribution in [1.82, 2.24) is 5.16 Å². The molecule has 0 aliphatic carbocycles. The van der Waals surface area contributed by atoms with Crippen molar-refractivity contribution in [1.29, 1.82) is 0 Å². The van der Waals surface area contributed by atoms with Crippen LogP contribution in [0.5, 0.6) is 5.75 Å². The van der Waals surface area contributed by atoms with Crippen LogP contribution < -0.4 is 4.74 Å². The molecule has 2 aromatic rings. The number of nitrogens with zero attached hydrogens (tertiary/aromatic N) is 1. The van der Waals surface area contributed by atoms with Crippen molar-refractivity contribution in [2.45, 2.75) is 18.9 Å². The maximum Gasteiger partial charge on any atom is 0.374 e. The van der Waals surface area contributed by atoms with E-state index in [0.717, 1.165) is 37.4 Å². The van der Waals surface area contributed by atoms with Crippen LogP contribution in [-0.4, -0.2) is 35.6 Å². The summed E-state index contributed by atoms with van der Waals surface area (Å²) in [6.07, 6.45) is 1.98. The third kappa shape index (κ3) is 3.22. The summed E-state index contributed by atoms with van der Waals surface area (Å²) in [5, 5.41) is 12.5. The molecule has 1 fully saturated rings. The molecule has 1 saturated heterocycles. The molecule has 6 nitrogen and oxygen atoms in total. The topological polar surface area (TPSA) is 81.8 Å². The van der Waals surface area contributed by atoms with Gasteiger partial charge in [-0.05, 0) is 24.3 Å². The molecule has 1 aromatic carbocycles. The molecule has 0 amide bonds.